The van der Waals surface area contributed by atoms with Crippen molar-refractivity contribution < 1.29 is 0 Å². The predicted octanol–water partition coefficient (Wildman–Crippen LogP) is 0.811. The van der Waals surface area contributed by atoms with E-state index in [-0.39, 0.29) is 10.6 Å². The quantitative estimate of drug-likeness (QED) is 0.870. The van der Waals surface area contributed by atoms with E-state index in [1.807, 2.05) is 11.9 Å². The summed E-state index contributed by atoms with van der Waals surface area (Å²) in [5.41, 5.74) is -0.285. The van der Waals surface area contributed by atoms with Crippen LogP contribution in [0.15, 0.2) is 11.1 Å². The highest BCUT2D eigenvalue weighted by molar-refractivity contribution is 6.32. The molecule has 1 fully saturated rings. The van der Waals surface area contributed by atoms with Crippen LogP contribution >= 0.6 is 11.6 Å². The molecule has 5 nitrogen and oxygen atoms in total. The third kappa shape index (κ3) is 2.79. The van der Waals surface area contributed by atoms with Crippen LogP contribution < -0.4 is 10.5 Å². The van der Waals surface area contributed by atoms with E-state index in [0.717, 1.165) is 19.6 Å². The van der Waals surface area contributed by atoms with Gasteiger partial charge in [-0.25, -0.2) is 4.98 Å². The highest BCUT2D eigenvalue weighted by atomic mass is 35.5. The minimum Gasteiger partial charge on any atom is -0.358 e. The smallest absolute Gasteiger partial charge is 0.271 e. The molecule has 0 radical (unpaired) electrons. The number of nitrogens with one attached hydrogen (secondary N) is 1. The van der Waals surface area contributed by atoms with Gasteiger partial charge in [-0.2, -0.15) is 0 Å². The number of hydrogen-bond donors (Lipinski definition) is 1. The fourth-order valence-electron chi connectivity index (χ4n) is 2.29. The number of hydrogen-bond acceptors (Lipinski definition) is 4. The van der Waals surface area contributed by atoms with Gasteiger partial charge in [0.25, 0.3) is 5.56 Å². The highest BCUT2D eigenvalue weighted by Gasteiger charge is 2.22. The molecule has 1 atom stereocenters. The number of likely N-dealkylation sites (tertiary alicyclic amines) is 1. The van der Waals surface area contributed by atoms with E-state index in [2.05, 4.69) is 21.9 Å². The number of H-pyrrole nitrogens is 1. The molecule has 0 saturated carbocycles. The summed E-state index contributed by atoms with van der Waals surface area (Å²) < 4.78 is 0. The van der Waals surface area contributed by atoms with Crippen molar-refractivity contribution in [3.05, 3.63) is 21.7 Å². The molecule has 1 aliphatic heterocycles. The van der Waals surface area contributed by atoms with Crippen LogP contribution in [-0.2, 0) is 0 Å². The van der Waals surface area contributed by atoms with Gasteiger partial charge in [-0.1, -0.05) is 11.6 Å². The summed E-state index contributed by atoms with van der Waals surface area (Å²) in [6, 6.07) is 0. The monoisotopic (exact) mass is 256 g/mol. The van der Waals surface area contributed by atoms with Gasteiger partial charge < -0.3 is 14.8 Å². The fourth-order valence-corrected chi connectivity index (χ4v) is 2.54. The molecule has 0 aliphatic carbocycles. The molecular formula is C11H17ClN4O. The first-order chi connectivity index (χ1) is 8.08. The standard InChI is InChI=1S/C11H17ClN4O/c1-15-4-3-8(5-15)6-16(2)10-9(12)11(17)14-7-13-10/h7-8H,3-6H2,1-2H3,(H,13,14,17). The second-order valence-electron chi connectivity index (χ2n) is 4.67. The van der Waals surface area contributed by atoms with Crippen molar-refractivity contribution in [2.75, 3.05) is 38.6 Å². The van der Waals surface area contributed by atoms with Crippen molar-refractivity contribution in [1.29, 1.82) is 0 Å². The molecule has 0 bridgehead atoms. The fraction of sp³-hybridized carbons (Fsp3) is 0.636. The molecule has 0 amide bonds. The van der Waals surface area contributed by atoms with Crippen LogP contribution in [0, 0.1) is 5.92 Å². The molecule has 94 valence electrons. The highest BCUT2D eigenvalue weighted by Crippen LogP contribution is 2.21. The van der Waals surface area contributed by atoms with Gasteiger partial charge in [0, 0.05) is 20.1 Å². The van der Waals surface area contributed by atoms with Crippen molar-refractivity contribution >= 4 is 17.4 Å². The van der Waals surface area contributed by atoms with Crippen LogP contribution in [0.4, 0.5) is 5.82 Å². The third-order valence-electron chi connectivity index (χ3n) is 3.16. The Labute approximate surface area is 105 Å². The average molecular weight is 257 g/mol. The van der Waals surface area contributed by atoms with Crippen LogP contribution in [0.2, 0.25) is 5.02 Å². The van der Waals surface area contributed by atoms with Crippen molar-refractivity contribution in [1.82, 2.24) is 14.9 Å². The number of rotatable bonds is 3. The molecule has 6 heteroatoms. The molecular weight excluding hydrogens is 240 g/mol. The molecule has 2 heterocycles. The summed E-state index contributed by atoms with van der Waals surface area (Å²) in [6.07, 6.45) is 2.57. The van der Waals surface area contributed by atoms with Crippen molar-refractivity contribution in [3.63, 3.8) is 0 Å². The molecule has 17 heavy (non-hydrogen) atoms. The van der Waals surface area contributed by atoms with E-state index in [0.29, 0.717) is 11.7 Å². The Morgan fingerprint density at radius 1 is 1.71 bits per heavy atom. The Balaban J connectivity index is 2.07. The Morgan fingerprint density at radius 2 is 2.47 bits per heavy atom. The number of halogens is 1. The van der Waals surface area contributed by atoms with Crippen molar-refractivity contribution in [3.8, 4) is 0 Å². The van der Waals surface area contributed by atoms with Gasteiger partial charge in [-0.3, -0.25) is 4.79 Å². The second kappa shape index (κ2) is 5.06. The SMILES string of the molecule is CN1CCC(CN(C)c2nc[nH]c(=O)c2Cl)C1. The molecule has 1 aromatic heterocycles. The maximum Gasteiger partial charge on any atom is 0.271 e. The average Bonchev–Trinajstić information content (AvgIpc) is 2.68. The van der Waals surface area contributed by atoms with Gasteiger partial charge in [0.2, 0.25) is 0 Å². The van der Waals surface area contributed by atoms with Crippen LogP contribution in [0.3, 0.4) is 0 Å². The zero-order valence-electron chi connectivity index (χ0n) is 10.1. The zero-order valence-corrected chi connectivity index (χ0v) is 10.9. The van der Waals surface area contributed by atoms with Crippen LogP contribution in [0.25, 0.3) is 0 Å². The molecule has 1 unspecified atom stereocenters. The van der Waals surface area contributed by atoms with Gasteiger partial charge in [-0.15, -0.1) is 0 Å². The lowest BCUT2D eigenvalue weighted by atomic mass is 10.1. The lowest BCUT2D eigenvalue weighted by molar-refractivity contribution is 0.395. The Bertz CT molecular complexity index is 447. The van der Waals surface area contributed by atoms with Gasteiger partial charge in [0.15, 0.2) is 5.82 Å². The first kappa shape index (κ1) is 12.4. The topological polar surface area (TPSA) is 52.2 Å². The molecule has 1 N–H and O–H groups in total. The number of aromatic amines is 1. The molecule has 1 aromatic rings. The molecule has 0 spiro atoms. The number of anilines is 1. The summed E-state index contributed by atoms with van der Waals surface area (Å²) in [5.74, 6) is 1.17. The van der Waals surface area contributed by atoms with E-state index >= 15 is 0 Å². The summed E-state index contributed by atoms with van der Waals surface area (Å²) in [6.45, 7) is 3.10. The zero-order chi connectivity index (χ0) is 12.4. The maximum absolute atomic E-state index is 11.4. The van der Waals surface area contributed by atoms with Gasteiger partial charge in [-0.05, 0) is 25.9 Å². The minimum atomic E-state index is -0.285. The van der Waals surface area contributed by atoms with E-state index in [4.69, 9.17) is 11.6 Å². The normalized spacial score (nSPS) is 20.8. The van der Waals surface area contributed by atoms with E-state index in [9.17, 15) is 4.79 Å². The lowest BCUT2D eigenvalue weighted by Crippen LogP contribution is -2.29. The molecule has 2 rings (SSSR count). The van der Waals surface area contributed by atoms with Gasteiger partial charge >= 0.3 is 0 Å². The van der Waals surface area contributed by atoms with Gasteiger partial charge in [0.1, 0.15) is 5.02 Å². The first-order valence-electron chi connectivity index (χ1n) is 5.71. The van der Waals surface area contributed by atoms with Gasteiger partial charge in [0.05, 0.1) is 6.33 Å². The summed E-state index contributed by atoms with van der Waals surface area (Å²) in [7, 11) is 4.05. The minimum absolute atomic E-state index is 0.168. The largest absolute Gasteiger partial charge is 0.358 e. The lowest BCUT2D eigenvalue weighted by Gasteiger charge is -2.22. The third-order valence-corrected chi connectivity index (χ3v) is 3.50. The Hall–Kier alpha value is -1.07. The molecule has 1 saturated heterocycles. The van der Waals surface area contributed by atoms with Crippen LogP contribution in [0.5, 0.6) is 0 Å². The van der Waals surface area contributed by atoms with Crippen LogP contribution in [-0.4, -0.2) is 48.6 Å². The van der Waals surface area contributed by atoms with E-state index in [1.54, 1.807) is 0 Å². The summed E-state index contributed by atoms with van der Waals surface area (Å²) in [4.78, 5) is 22.2. The van der Waals surface area contributed by atoms with E-state index < -0.39 is 0 Å². The number of aromatic nitrogens is 2. The number of nitrogens with zero attached hydrogens (tertiary/aromatic N) is 3. The molecule has 1 aliphatic rings. The maximum atomic E-state index is 11.4. The first-order valence-corrected chi connectivity index (χ1v) is 6.08. The molecule has 0 aromatic carbocycles. The van der Waals surface area contributed by atoms with E-state index in [1.165, 1.54) is 12.7 Å². The summed E-state index contributed by atoms with van der Waals surface area (Å²) in [5, 5.41) is 0.168. The van der Waals surface area contributed by atoms with Crippen molar-refractivity contribution in [2.24, 2.45) is 5.92 Å². The van der Waals surface area contributed by atoms with Crippen molar-refractivity contribution in [2.45, 2.75) is 6.42 Å². The Morgan fingerprint density at radius 3 is 3.12 bits per heavy atom. The summed E-state index contributed by atoms with van der Waals surface area (Å²) >= 11 is 5.94. The van der Waals surface area contributed by atoms with Crippen LogP contribution in [0.1, 0.15) is 6.42 Å². The second-order valence-corrected chi connectivity index (χ2v) is 5.04. The predicted molar refractivity (Wildman–Crippen MR) is 68.7 cm³/mol. The Kier molecular flexibility index (Phi) is 3.69.